The van der Waals surface area contributed by atoms with Gasteiger partial charge < -0.3 is 0 Å². The minimum Gasteiger partial charge on any atom is -0.298 e. The van der Waals surface area contributed by atoms with Gasteiger partial charge in [-0.15, -0.1) is 11.8 Å². The van der Waals surface area contributed by atoms with Crippen LogP contribution < -0.4 is 0 Å². The van der Waals surface area contributed by atoms with Gasteiger partial charge in [-0.2, -0.15) is 0 Å². The number of ketones is 1. The van der Waals surface area contributed by atoms with Crippen molar-refractivity contribution in [2.75, 3.05) is 5.75 Å². The number of rotatable bonds is 3. The Hall–Kier alpha value is -1.33. The van der Waals surface area contributed by atoms with Crippen molar-refractivity contribution in [3.63, 3.8) is 0 Å². The van der Waals surface area contributed by atoms with Crippen LogP contribution in [0.3, 0.4) is 0 Å². The summed E-state index contributed by atoms with van der Waals surface area (Å²) in [7, 11) is 0. The van der Waals surface area contributed by atoms with Crippen molar-refractivity contribution in [1.29, 1.82) is 0 Å². The monoisotopic (exact) mass is 344 g/mol. The first-order valence-electron chi connectivity index (χ1n) is 7.60. The molecule has 0 N–H and O–H groups in total. The Kier molecular flexibility index (Phi) is 4.52. The van der Waals surface area contributed by atoms with Gasteiger partial charge in [0.15, 0.2) is 5.16 Å². The lowest BCUT2D eigenvalue weighted by Gasteiger charge is -2.19. The fraction of sp³-hybridized carbons (Fsp3) is 0.389. The van der Waals surface area contributed by atoms with E-state index in [-0.39, 0.29) is 11.2 Å². The van der Waals surface area contributed by atoms with Gasteiger partial charge in [-0.3, -0.25) is 4.79 Å². The van der Waals surface area contributed by atoms with E-state index in [9.17, 15) is 4.79 Å². The largest absolute Gasteiger partial charge is 0.298 e. The zero-order valence-corrected chi connectivity index (χ0v) is 15.5. The number of aromatic nitrogens is 2. The van der Waals surface area contributed by atoms with E-state index in [1.165, 1.54) is 33.3 Å². The molecule has 0 bridgehead atoms. The van der Waals surface area contributed by atoms with E-state index in [1.807, 2.05) is 38.7 Å². The number of Topliss-reactive ketones (excluding diaryl/α,β-unsaturated/α-hetero) is 1. The highest BCUT2D eigenvalue weighted by Gasteiger charge is 2.23. The average molecular weight is 345 g/mol. The summed E-state index contributed by atoms with van der Waals surface area (Å²) in [4.78, 5) is 22.5. The van der Waals surface area contributed by atoms with Gasteiger partial charge in [0.1, 0.15) is 5.78 Å². The van der Waals surface area contributed by atoms with Gasteiger partial charge in [0.25, 0.3) is 0 Å². The normalized spacial score (nSPS) is 13.4. The number of carbonyl (C=O) groups is 1. The van der Waals surface area contributed by atoms with Crippen molar-refractivity contribution in [1.82, 2.24) is 9.97 Å². The molecule has 0 fully saturated rings. The predicted octanol–water partition coefficient (Wildman–Crippen LogP) is 4.77. The van der Waals surface area contributed by atoms with Crippen LogP contribution in [0, 0.1) is 12.3 Å². The van der Waals surface area contributed by atoms with Crippen molar-refractivity contribution in [2.45, 2.75) is 43.5 Å². The van der Waals surface area contributed by atoms with Gasteiger partial charge in [0, 0.05) is 33.4 Å². The van der Waals surface area contributed by atoms with Gasteiger partial charge in [0.2, 0.25) is 0 Å². The summed E-state index contributed by atoms with van der Waals surface area (Å²) < 4.78 is 0. The lowest BCUT2D eigenvalue weighted by molar-refractivity contribution is -0.123. The molecule has 23 heavy (non-hydrogen) atoms. The quantitative estimate of drug-likeness (QED) is 0.593. The molecule has 5 heteroatoms. The van der Waals surface area contributed by atoms with Crippen LogP contribution in [-0.2, 0) is 10.5 Å². The Morgan fingerprint density at radius 1 is 1.35 bits per heavy atom. The van der Waals surface area contributed by atoms with Crippen LogP contribution in [0.2, 0.25) is 0 Å². The number of hydrogen-bond donors (Lipinski definition) is 0. The lowest BCUT2D eigenvalue weighted by Crippen LogP contribution is -2.22. The molecule has 0 unspecified atom stereocenters. The third kappa shape index (κ3) is 3.61. The second-order valence-electron chi connectivity index (χ2n) is 6.78. The molecule has 3 rings (SSSR count). The number of aryl methyl sites for hydroxylation is 1. The molecule has 1 aliphatic heterocycles. The van der Waals surface area contributed by atoms with E-state index in [1.54, 1.807) is 0 Å². The molecule has 0 aliphatic carbocycles. The second kappa shape index (κ2) is 6.29. The van der Waals surface area contributed by atoms with Crippen LogP contribution in [0.1, 0.15) is 31.9 Å². The summed E-state index contributed by atoms with van der Waals surface area (Å²) in [6.07, 6.45) is 1.91. The maximum absolute atomic E-state index is 12.1. The summed E-state index contributed by atoms with van der Waals surface area (Å²) in [5.41, 5.74) is 4.28. The summed E-state index contributed by atoms with van der Waals surface area (Å²) >= 11 is 3.26. The van der Waals surface area contributed by atoms with Gasteiger partial charge in [-0.25, -0.2) is 9.97 Å². The zero-order valence-electron chi connectivity index (χ0n) is 13.8. The highest BCUT2D eigenvalue weighted by Crippen LogP contribution is 2.41. The van der Waals surface area contributed by atoms with Crippen molar-refractivity contribution in [3.8, 4) is 11.3 Å². The van der Waals surface area contributed by atoms with Crippen LogP contribution >= 0.6 is 23.5 Å². The maximum Gasteiger partial charge on any atom is 0.188 e. The van der Waals surface area contributed by atoms with Crippen molar-refractivity contribution in [3.05, 3.63) is 35.5 Å². The van der Waals surface area contributed by atoms with E-state index in [0.717, 1.165) is 11.4 Å². The van der Waals surface area contributed by atoms with Crippen molar-refractivity contribution in [2.24, 2.45) is 5.41 Å². The number of carbonyl (C=O) groups excluding carboxylic acids is 1. The number of thioether (sulfide) groups is 2. The fourth-order valence-corrected chi connectivity index (χ4v) is 4.23. The third-order valence-electron chi connectivity index (χ3n) is 3.78. The van der Waals surface area contributed by atoms with Gasteiger partial charge in [-0.05, 0) is 19.1 Å². The Bertz CT molecular complexity index is 766. The summed E-state index contributed by atoms with van der Waals surface area (Å²) in [6.45, 7) is 7.93. The van der Waals surface area contributed by atoms with Crippen molar-refractivity contribution >= 4 is 29.3 Å². The molecule has 3 nitrogen and oxygen atoms in total. The molecule has 0 spiro atoms. The molecule has 0 saturated carbocycles. The van der Waals surface area contributed by atoms with Gasteiger partial charge >= 0.3 is 0 Å². The zero-order chi connectivity index (χ0) is 16.6. The Morgan fingerprint density at radius 2 is 2.13 bits per heavy atom. The van der Waals surface area contributed by atoms with E-state index < -0.39 is 0 Å². The van der Waals surface area contributed by atoms with Crippen LogP contribution in [0.5, 0.6) is 0 Å². The molecule has 120 valence electrons. The average Bonchev–Trinajstić information content (AvgIpc) is 2.51. The smallest absolute Gasteiger partial charge is 0.188 e. The number of fused-ring (bicyclic) bond motifs is 3. The number of hydrogen-bond acceptors (Lipinski definition) is 5. The van der Waals surface area contributed by atoms with Crippen LogP contribution in [-0.4, -0.2) is 21.5 Å². The summed E-state index contributed by atoms with van der Waals surface area (Å²) in [5.74, 6) is 1.53. The first kappa shape index (κ1) is 16.5. The minimum atomic E-state index is -0.318. The minimum absolute atomic E-state index is 0.218. The summed E-state index contributed by atoms with van der Waals surface area (Å²) in [6, 6.07) is 6.48. The SMILES string of the molecule is Cc1ccc2c(c1)-c1nc(SCC(=O)C(C)(C)C)ncc1CS2. The third-order valence-corrected chi connectivity index (χ3v) is 5.77. The first-order valence-corrected chi connectivity index (χ1v) is 9.57. The predicted molar refractivity (Wildman–Crippen MR) is 97.0 cm³/mol. The highest BCUT2D eigenvalue weighted by atomic mass is 32.2. The first-order chi connectivity index (χ1) is 10.8. The Balaban J connectivity index is 1.87. The Labute approximate surface area is 145 Å². The highest BCUT2D eigenvalue weighted by molar-refractivity contribution is 7.99. The molecule has 0 amide bonds. The second-order valence-corrected chi connectivity index (χ2v) is 8.74. The van der Waals surface area contributed by atoms with E-state index in [2.05, 4.69) is 30.1 Å². The molecule has 2 aromatic rings. The topological polar surface area (TPSA) is 42.9 Å². The standard InChI is InChI=1S/C18H20N2OS2/c1-11-5-6-14-13(7-11)16-12(9-22-14)8-19-17(20-16)23-10-15(21)18(2,3)4/h5-8H,9-10H2,1-4H3. The molecule has 0 saturated heterocycles. The molecular weight excluding hydrogens is 324 g/mol. The van der Waals surface area contributed by atoms with E-state index >= 15 is 0 Å². The lowest BCUT2D eigenvalue weighted by atomic mass is 9.92. The molecule has 1 aromatic heterocycles. The fourth-order valence-electron chi connectivity index (χ4n) is 2.26. The molecule has 0 radical (unpaired) electrons. The van der Waals surface area contributed by atoms with Gasteiger partial charge in [-0.1, -0.05) is 44.2 Å². The van der Waals surface area contributed by atoms with Crippen LogP contribution in [0.15, 0.2) is 34.4 Å². The number of benzene rings is 1. The molecular formula is C18H20N2OS2. The molecule has 1 aromatic carbocycles. The molecule has 1 aliphatic rings. The molecule has 2 heterocycles. The maximum atomic E-state index is 12.1. The number of nitrogens with zero attached hydrogens (tertiary/aromatic N) is 2. The van der Waals surface area contributed by atoms with Crippen LogP contribution in [0.25, 0.3) is 11.3 Å². The van der Waals surface area contributed by atoms with Crippen LogP contribution in [0.4, 0.5) is 0 Å². The van der Waals surface area contributed by atoms with E-state index in [4.69, 9.17) is 4.98 Å². The van der Waals surface area contributed by atoms with Crippen molar-refractivity contribution < 1.29 is 4.79 Å². The molecule has 0 atom stereocenters. The van der Waals surface area contributed by atoms with Gasteiger partial charge in [0.05, 0.1) is 11.4 Å². The summed E-state index contributed by atoms with van der Waals surface area (Å²) in [5, 5.41) is 0.681. The van der Waals surface area contributed by atoms with E-state index in [0.29, 0.717) is 10.9 Å². The Morgan fingerprint density at radius 3 is 2.87 bits per heavy atom.